The summed E-state index contributed by atoms with van der Waals surface area (Å²) in [6.45, 7) is 2.52. The molecule has 3 N–H and O–H groups in total. The van der Waals surface area contributed by atoms with Crippen LogP contribution in [0.1, 0.15) is 36.2 Å². The molecule has 0 radical (unpaired) electrons. The molecule has 1 aromatic carbocycles. The van der Waals surface area contributed by atoms with Gasteiger partial charge < -0.3 is 20.3 Å². The monoisotopic (exact) mass is 382 g/mol. The van der Waals surface area contributed by atoms with Gasteiger partial charge in [0, 0.05) is 36.3 Å². The van der Waals surface area contributed by atoms with Crippen LogP contribution in [-0.4, -0.2) is 39.3 Å². The van der Waals surface area contributed by atoms with E-state index < -0.39 is 17.2 Å². The third-order valence-electron chi connectivity index (χ3n) is 5.86. The second-order valence-electron chi connectivity index (χ2n) is 7.73. The SMILES string of the molecule is C[C@@H]1[C@@H](N)CN1c1cc2nc3c(cc2cc1F)c(=O)c(C(=O)O)cn3C1CC1. The van der Waals surface area contributed by atoms with E-state index in [-0.39, 0.29) is 29.1 Å². The molecule has 2 aliphatic rings. The first-order valence-electron chi connectivity index (χ1n) is 9.30. The third-order valence-corrected chi connectivity index (χ3v) is 5.86. The Morgan fingerprint density at radius 2 is 2.07 bits per heavy atom. The van der Waals surface area contributed by atoms with Gasteiger partial charge in [0.15, 0.2) is 0 Å². The zero-order valence-electron chi connectivity index (χ0n) is 15.2. The molecule has 1 aliphatic heterocycles. The summed E-state index contributed by atoms with van der Waals surface area (Å²) in [5.74, 6) is -1.68. The molecule has 5 rings (SSSR count). The van der Waals surface area contributed by atoms with E-state index in [9.17, 15) is 19.1 Å². The number of benzene rings is 1. The summed E-state index contributed by atoms with van der Waals surface area (Å²) < 4.78 is 16.5. The Morgan fingerprint density at radius 1 is 1.32 bits per heavy atom. The van der Waals surface area contributed by atoms with Gasteiger partial charge >= 0.3 is 5.97 Å². The predicted molar refractivity (Wildman–Crippen MR) is 103 cm³/mol. The van der Waals surface area contributed by atoms with Crippen molar-refractivity contribution >= 4 is 33.6 Å². The lowest BCUT2D eigenvalue weighted by molar-refractivity contribution is 0.0695. The molecule has 0 spiro atoms. The van der Waals surface area contributed by atoms with Gasteiger partial charge in [-0.15, -0.1) is 0 Å². The lowest BCUT2D eigenvalue weighted by Gasteiger charge is -2.46. The van der Waals surface area contributed by atoms with Crippen LogP contribution in [-0.2, 0) is 0 Å². The number of rotatable bonds is 3. The first-order valence-corrected chi connectivity index (χ1v) is 9.30. The van der Waals surface area contributed by atoms with Gasteiger partial charge in [-0.2, -0.15) is 0 Å². The Bertz CT molecular complexity index is 1220. The molecule has 3 heterocycles. The highest BCUT2D eigenvalue weighted by atomic mass is 19.1. The smallest absolute Gasteiger partial charge is 0.341 e. The molecule has 2 fully saturated rings. The van der Waals surface area contributed by atoms with E-state index in [0.717, 1.165) is 12.8 Å². The minimum Gasteiger partial charge on any atom is -0.477 e. The van der Waals surface area contributed by atoms with Crippen LogP contribution < -0.4 is 16.1 Å². The summed E-state index contributed by atoms with van der Waals surface area (Å²) >= 11 is 0. The van der Waals surface area contributed by atoms with Gasteiger partial charge in [-0.05, 0) is 38.0 Å². The molecule has 3 aromatic rings. The van der Waals surface area contributed by atoms with Gasteiger partial charge in [0.2, 0.25) is 5.43 Å². The average Bonchev–Trinajstić information content (AvgIpc) is 3.49. The van der Waals surface area contributed by atoms with Crippen molar-refractivity contribution in [2.75, 3.05) is 11.4 Å². The number of carbonyl (C=O) groups is 1. The van der Waals surface area contributed by atoms with Crippen LogP contribution in [0.15, 0.2) is 29.2 Å². The number of carboxylic acids is 1. The van der Waals surface area contributed by atoms with Crippen LogP contribution in [0, 0.1) is 5.82 Å². The summed E-state index contributed by atoms with van der Waals surface area (Å²) in [5.41, 5.74) is 6.49. The molecule has 1 saturated carbocycles. The largest absolute Gasteiger partial charge is 0.477 e. The third kappa shape index (κ3) is 2.41. The first-order chi connectivity index (χ1) is 13.3. The normalized spacial score (nSPS) is 21.9. The maximum atomic E-state index is 14.7. The zero-order valence-corrected chi connectivity index (χ0v) is 15.2. The second-order valence-corrected chi connectivity index (χ2v) is 7.73. The van der Waals surface area contributed by atoms with Crippen molar-refractivity contribution in [2.45, 2.75) is 37.9 Å². The first kappa shape index (κ1) is 17.1. The molecule has 0 unspecified atom stereocenters. The molecule has 1 aliphatic carbocycles. The van der Waals surface area contributed by atoms with Gasteiger partial charge in [0.25, 0.3) is 0 Å². The Labute approximate surface area is 159 Å². The lowest BCUT2D eigenvalue weighted by atomic mass is 9.97. The number of anilines is 1. The molecule has 7 nitrogen and oxygen atoms in total. The number of hydrogen-bond acceptors (Lipinski definition) is 5. The Kier molecular flexibility index (Phi) is 3.51. The summed E-state index contributed by atoms with van der Waals surface area (Å²) in [5, 5.41) is 10.0. The van der Waals surface area contributed by atoms with Crippen molar-refractivity contribution in [3.05, 3.63) is 46.0 Å². The molecular formula is C20H19FN4O3. The molecular weight excluding hydrogens is 363 g/mol. The highest BCUT2D eigenvalue weighted by Gasteiger charge is 2.34. The predicted octanol–water partition coefficient (Wildman–Crippen LogP) is 2.26. The van der Waals surface area contributed by atoms with Crippen LogP contribution in [0.2, 0.25) is 0 Å². The maximum absolute atomic E-state index is 14.7. The average molecular weight is 382 g/mol. The molecule has 8 heteroatoms. The maximum Gasteiger partial charge on any atom is 0.341 e. The molecule has 1 saturated heterocycles. The second kappa shape index (κ2) is 5.75. The summed E-state index contributed by atoms with van der Waals surface area (Å²) in [7, 11) is 0. The number of aromatic carboxylic acids is 1. The number of carboxylic acid groups (broad SMARTS) is 1. The molecule has 144 valence electrons. The van der Waals surface area contributed by atoms with Crippen LogP contribution in [0.4, 0.5) is 10.1 Å². The Morgan fingerprint density at radius 3 is 2.68 bits per heavy atom. The molecule has 2 aromatic heterocycles. The number of nitrogens with two attached hydrogens (primary N) is 1. The van der Waals surface area contributed by atoms with Crippen LogP contribution in [0.5, 0.6) is 0 Å². The van der Waals surface area contributed by atoms with Crippen molar-refractivity contribution in [3.63, 3.8) is 0 Å². The van der Waals surface area contributed by atoms with E-state index in [0.29, 0.717) is 28.8 Å². The van der Waals surface area contributed by atoms with E-state index in [1.807, 2.05) is 11.8 Å². The Balaban J connectivity index is 1.77. The fraction of sp³-hybridized carbons (Fsp3) is 0.350. The van der Waals surface area contributed by atoms with Crippen LogP contribution >= 0.6 is 0 Å². The summed E-state index contributed by atoms with van der Waals surface area (Å²) in [4.78, 5) is 30.7. The van der Waals surface area contributed by atoms with Gasteiger partial charge in [0.1, 0.15) is 17.0 Å². The number of fused-ring (bicyclic) bond motifs is 2. The Hall–Kier alpha value is -3.00. The van der Waals surface area contributed by atoms with Crippen molar-refractivity contribution < 1.29 is 14.3 Å². The van der Waals surface area contributed by atoms with E-state index in [1.54, 1.807) is 16.7 Å². The van der Waals surface area contributed by atoms with E-state index >= 15 is 0 Å². The lowest BCUT2D eigenvalue weighted by Crippen LogP contribution is -2.63. The highest BCUT2D eigenvalue weighted by molar-refractivity contribution is 5.97. The van der Waals surface area contributed by atoms with Gasteiger partial charge in [0.05, 0.1) is 16.6 Å². The van der Waals surface area contributed by atoms with Gasteiger partial charge in [-0.1, -0.05) is 0 Å². The molecule has 2 atom stereocenters. The molecule has 28 heavy (non-hydrogen) atoms. The van der Waals surface area contributed by atoms with Crippen molar-refractivity contribution in [1.82, 2.24) is 9.55 Å². The molecule has 0 bridgehead atoms. The number of hydrogen-bond donors (Lipinski definition) is 2. The van der Waals surface area contributed by atoms with Crippen molar-refractivity contribution in [1.29, 1.82) is 0 Å². The minimum absolute atomic E-state index is 0.00847. The fourth-order valence-electron chi connectivity index (χ4n) is 3.90. The van der Waals surface area contributed by atoms with Gasteiger partial charge in [-0.3, -0.25) is 4.79 Å². The van der Waals surface area contributed by atoms with E-state index in [4.69, 9.17) is 5.73 Å². The van der Waals surface area contributed by atoms with Crippen molar-refractivity contribution in [3.8, 4) is 0 Å². The zero-order chi connectivity index (χ0) is 19.7. The number of halogens is 1. The van der Waals surface area contributed by atoms with Gasteiger partial charge in [-0.25, -0.2) is 14.2 Å². The molecule has 0 amide bonds. The minimum atomic E-state index is -1.27. The quantitative estimate of drug-likeness (QED) is 0.674. The topological polar surface area (TPSA) is 101 Å². The standard InChI is InChI=1S/C20H19FN4O3/c1-9-15(22)8-24(9)17-6-16-10(5-14(17)21)4-12-18(26)13(20(27)28)7-25(11-2-3-11)19(12)23-16/h4-7,9,11,15H,2-3,8,22H2,1H3,(H,27,28)/t9-,15+/m1/s1. The number of nitrogens with zero attached hydrogens (tertiary/aromatic N) is 3. The number of aromatic nitrogens is 2. The number of pyridine rings is 2. The van der Waals surface area contributed by atoms with E-state index in [1.165, 1.54) is 12.3 Å². The van der Waals surface area contributed by atoms with Crippen LogP contribution in [0.3, 0.4) is 0 Å². The highest BCUT2D eigenvalue weighted by Crippen LogP contribution is 2.37. The van der Waals surface area contributed by atoms with Crippen molar-refractivity contribution in [2.24, 2.45) is 5.73 Å². The summed E-state index contributed by atoms with van der Waals surface area (Å²) in [6.07, 6.45) is 3.20. The summed E-state index contributed by atoms with van der Waals surface area (Å²) in [6, 6.07) is 4.76. The van der Waals surface area contributed by atoms with E-state index in [2.05, 4.69) is 4.98 Å². The fourth-order valence-corrected chi connectivity index (χ4v) is 3.90. The van der Waals surface area contributed by atoms with Crippen LogP contribution in [0.25, 0.3) is 21.9 Å².